The third kappa shape index (κ3) is 2.50. The summed E-state index contributed by atoms with van der Waals surface area (Å²) in [6.07, 6.45) is 0. The summed E-state index contributed by atoms with van der Waals surface area (Å²) in [5.41, 5.74) is 2.53. The van der Waals surface area contributed by atoms with Crippen molar-refractivity contribution in [2.45, 2.75) is 13.1 Å². The number of ether oxygens (including phenoxy) is 2. The first-order chi connectivity index (χ1) is 12.2. The van der Waals surface area contributed by atoms with E-state index < -0.39 is 0 Å². The van der Waals surface area contributed by atoms with Crippen LogP contribution in [0.3, 0.4) is 0 Å². The van der Waals surface area contributed by atoms with E-state index in [1.807, 2.05) is 24.3 Å². The number of amides is 1. The van der Waals surface area contributed by atoms with Gasteiger partial charge in [-0.3, -0.25) is 4.79 Å². The fraction of sp³-hybridized carbons (Fsp3) is 0.263. The maximum atomic E-state index is 13.1. The van der Waals surface area contributed by atoms with Crippen molar-refractivity contribution in [3.05, 3.63) is 53.9 Å². The molecule has 0 fully saturated rings. The second kappa shape index (κ2) is 6.12. The molecular weight excluding hydrogens is 318 g/mol. The van der Waals surface area contributed by atoms with Crippen LogP contribution in [0.4, 0.5) is 0 Å². The van der Waals surface area contributed by atoms with E-state index in [-0.39, 0.29) is 5.91 Å². The molecule has 0 saturated heterocycles. The number of para-hydroxylation sites is 2. The van der Waals surface area contributed by atoms with Crippen LogP contribution in [0.5, 0.6) is 11.5 Å². The molecule has 0 spiro atoms. The molecule has 2 heterocycles. The van der Waals surface area contributed by atoms with Crippen molar-refractivity contribution in [2.75, 3.05) is 20.8 Å². The van der Waals surface area contributed by atoms with Gasteiger partial charge in [-0.15, -0.1) is 0 Å². The maximum absolute atomic E-state index is 13.1. The first-order valence-corrected chi connectivity index (χ1v) is 8.17. The zero-order valence-corrected chi connectivity index (χ0v) is 14.2. The standard InChI is InChI=1S/C19H19N3O3/c1-24-15-8-5-9-16(25-2)18(15)19(23)21-10-11-22-14-7-4-3-6-13(14)20-17(22)12-21/h3-9H,10-12H2,1-2H3. The Morgan fingerprint density at radius 3 is 2.44 bits per heavy atom. The Balaban J connectivity index is 1.69. The molecule has 0 unspecified atom stereocenters. The number of carbonyl (C=O) groups excluding carboxylic acids is 1. The second-order valence-corrected chi connectivity index (χ2v) is 5.93. The molecule has 0 bridgehead atoms. The fourth-order valence-electron chi connectivity index (χ4n) is 3.36. The van der Waals surface area contributed by atoms with Crippen molar-refractivity contribution in [1.82, 2.24) is 14.5 Å². The van der Waals surface area contributed by atoms with E-state index in [1.165, 1.54) is 0 Å². The Bertz CT molecular complexity index is 926. The summed E-state index contributed by atoms with van der Waals surface area (Å²) in [6.45, 7) is 1.81. The number of rotatable bonds is 3. The molecular formula is C19H19N3O3. The number of nitrogens with zero attached hydrogens (tertiary/aromatic N) is 3. The lowest BCUT2D eigenvalue weighted by Gasteiger charge is -2.29. The van der Waals surface area contributed by atoms with Crippen molar-refractivity contribution in [3.63, 3.8) is 0 Å². The fourth-order valence-corrected chi connectivity index (χ4v) is 3.36. The largest absolute Gasteiger partial charge is 0.496 e. The molecule has 1 aromatic heterocycles. The minimum atomic E-state index is -0.104. The molecule has 2 aromatic carbocycles. The summed E-state index contributed by atoms with van der Waals surface area (Å²) in [7, 11) is 3.11. The molecule has 4 rings (SSSR count). The van der Waals surface area contributed by atoms with E-state index in [1.54, 1.807) is 31.3 Å². The SMILES string of the molecule is COc1cccc(OC)c1C(=O)N1CCn2c(nc3ccccc32)C1. The first kappa shape index (κ1) is 15.5. The van der Waals surface area contributed by atoms with Crippen LogP contribution in [0, 0.1) is 0 Å². The summed E-state index contributed by atoms with van der Waals surface area (Å²) in [4.78, 5) is 19.6. The lowest BCUT2D eigenvalue weighted by Crippen LogP contribution is -2.38. The minimum absolute atomic E-state index is 0.104. The van der Waals surface area contributed by atoms with Gasteiger partial charge in [0.05, 0.1) is 31.8 Å². The Hall–Kier alpha value is -3.02. The van der Waals surface area contributed by atoms with Crippen LogP contribution in [0.15, 0.2) is 42.5 Å². The highest BCUT2D eigenvalue weighted by atomic mass is 16.5. The summed E-state index contributed by atoms with van der Waals surface area (Å²) in [5.74, 6) is 1.83. The van der Waals surface area contributed by atoms with E-state index in [0.29, 0.717) is 30.2 Å². The third-order valence-corrected chi connectivity index (χ3v) is 4.59. The van der Waals surface area contributed by atoms with Gasteiger partial charge in [0.1, 0.15) is 22.9 Å². The van der Waals surface area contributed by atoms with Crippen molar-refractivity contribution in [2.24, 2.45) is 0 Å². The van der Waals surface area contributed by atoms with Crippen LogP contribution in [0.25, 0.3) is 11.0 Å². The predicted octanol–water partition coefficient (Wildman–Crippen LogP) is 2.71. The normalized spacial score (nSPS) is 13.6. The van der Waals surface area contributed by atoms with Crippen molar-refractivity contribution >= 4 is 16.9 Å². The Labute approximate surface area is 145 Å². The van der Waals surface area contributed by atoms with Gasteiger partial charge in [0.15, 0.2) is 0 Å². The highest BCUT2D eigenvalue weighted by Gasteiger charge is 2.28. The topological polar surface area (TPSA) is 56.6 Å². The number of methoxy groups -OCH3 is 2. The average molecular weight is 337 g/mol. The molecule has 0 saturated carbocycles. The van der Waals surface area contributed by atoms with Crippen LogP contribution in [-0.4, -0.2) is 41.1 Å². The minimum Gasteiger partial charge on any atom is -0.496 e. The molecule has 3 aromatic rings. The maximum Gasteiger partial charge on any atom is 0.261 e. The second-order valence-electron chi connectivity index (χ2n) is 5.93. The van der Waals surface area contributed by atoms with Gasteiger partial charge in [-0.05, 0) is 24.3 Å². The molecule has 0 atom stereocenters. The predicted molar refractivity (Wildman–Crippen MR) is 94.0 cm³/mol. The Kier molecular flexibility index (Phi) is 3.80. The summed E-state index contributed by atoms with van der Waals surface area (Å²) < 4.78 is 12.9. The lowest BCUT2D eigenvalue weighted by molar-refractivity contribution is 0.0702. The van der Waals surface area contributed by atoms with Crippen LogP contribution in [0.2, 0.25) is 0 Å². The quantitative estimate of drug-likeness (QED) is 0.737. The average Bonchev–Trinajstić information content (AvgIpc) is 3.04. The molecule has 0 N–H and O–H groups in total. The van der Waals surface area contributed by atoms with Crippen LogP contribution in [-0.2, 0) is 13.1 Å². The molecule has 25 heavy (non-hydrogen) atoms. The van der Waals surface area contributed by atoms with Gasteiger partial charge in [0, 0.05) is 13.1 Å². The number of hydrogen-bond acceptors (Lipinski definition) is 4. The molecule has 0 aliphatic carbocycles. The van der Waals surface area contributed by atoms with Gasteiger partial charge < -0.3 is 18.9 Å². The molecule has 1 aliphatic rings. The van der Waals surface area contributed by atoms with Gasteiger partial charge in [-0.2, -0.15) is 0 Å². The lowest BCUT2D eigenvalue weighted by atomic mass is 10.1. The summed E-state index contributed by atoms with van der Waals surface area (Å²) in [5, 5.41) is 0. The van der Waals surface area contributed by atoms with E-state index in [0.717, 1.165) is 23.4 Å². The van der Waals surface area contributed by atoms with E-state index in [9.17, 15) is 4.79 Å². The van der Waals surface area contributed by atoms with Gasteiger partial charge >= 0.3 is 0 Å². The van der Waals surface area contributed by atoms with Gasteiger partial charge in [0.2, 0.25) is 0 Å². The molecule has 1 aliphatic heterocycles. The van der Waals surface area contributed by atoms with Gasteiger partial charge in [0.25, 0.3) is 5.91 Å². The highest BCUT2D eigenvalue weighted by Crippen LogP contribution is 2.31. The Morgan fingerprint density at radius 1 is 1.00 bits per heavy atom. The smallest absolute Gasteiger partial charge is 0.261 e. The van der Waals surface area contributed by atoms with Crippen LogP contribution >= 0.6 is 0 Å². The van der Waals surface area contributed by atoms with E-state index >= 15 is 0 Å². The van der Waals surface area contributed by atoms with Gasteiger partial charge in [-0.1, -0.05) is 18.2 Å². The van der Waals surface area contributed by atoms with Crippen LogP contribution in [0.1, 0.15) is 16.2 Å². The molecule has 6 nitrogen and oxygen atoms in total. The monoisotopic (exact) mass is 337 g/mol. The summed E-state index contributed by atoms with van der Waals surface area (Å²) in [6, 6.07) is 13.4. The first-order valence-electron chi connectivity index (χ1n) is 8.17. The molecule has 6 heteroatoms. The van der Waals surface area contributed by atoms with E-state index in [4.69, 9.17) is 9.47 Å². The van der Waals surface area contributed by atoms with Gasteiger partial charge in [-0.25, -0.2) is 4.98 Å². The number of aromatic nitrogens is 2. The van der Waals surface area contributed by atoms with Crippen molar-refractivity contribution < 1.29 is 14.3 Å². The number of hydrogen-bond donors (Lipinski definition) is 0. The molecule has 0 radical (unpaired) electrons. The zero-order valence-electron chi connectivity index (χ0n) is 14.2. The number of imidazole rings is 1. The van der Waals surface area contributed by atoms with Crippen molar-refractivity contribution in [1.29, 1.82) is 0 Å². The zero-order chi connectivity index (χ0) is 17.4. The molecule has 1 amide bonds. The molecule has 128 valence electrons. The third-order valence-electron chi connectivity index (χ3n) is 4.59. The van der Waals surface area contributed by atoms with Crippen LogP contribution < -0.4 is 9.47 Å². The summed E-state index contributed by atoms with van der Waals surface area (Å²) >= 11 is 0. The van der Waals surface area contributed by atoms with Crippen molar-refractivity contribution in [3.8, 4) is 11.5 Å². The highest BCUT2D eigenvalue weighted by molar-refractivity contribution is 5.99. The number of carbonyl (C=O) groups is 1. The van der Waals surface area contributed by atoms with E-state index in [2.05, 4.69) is 15.6 Å². The number of benzene rings is 2. The Morgan fingerprint density at radius 2 is 1.72 bits per heavy atom. The number of fused-ring (bicyclic) bond motifs is 3.